The molecule has 4 saturated carbocycles. The largest absolute Gasteiger partial charge is 0.465 e. The lowest BCUT2D eigenvalue weighted by molar-refractivity contribution is -0.153. The van der Waals surface area contributed by atoms with E-state index in [2.05, 4.69) is 26.0 Å². The summed E-state index contributed by atoms with van der Waals surface area (Å²) in [4.78, 5) is 12.9. The molecule has 6 atom stereocenters. The van der Waals surface area contributed by atoms with Gasteiger partial charge in [-0.1, -0.05) is 50.0 Å². The topological polar surface area (TPSA) is 66.8 Å². The summed E-state index contributed by atoms with van der Waals surface area (Å²) in [7, 11) is 0. The van der Waals surface area contributed by atoms with Crippen LogP contribution in [0.25, 0.3) is 0 Å². The predicted octanol–water partition coefficient (Wildman–Crippen LogP) is 5.33. The highest BCUT2D eigenvalue weighted by molar-refractivity contribution is 5.72. The molecule has 0 bridgehead atoms. The van der Waals surface area contributed by atoms with Crippen molar-refractivity contribution in [1.29, 1.82) is 0 Å². The van der Waals surface area contributed by atoms with Crippen molar-refractivity contribution < 1.29 is 19.7 Å². The van der Waals surface area contributed by atoms with Crippen LogP contribution in [0.5, 0.6) is 0 Å². The van der Waals surface area contributed by atoms with Crippen LogP contribution >= 0.6 is 0 Å². The zero-order chi connectivity index (χ0) is 22.0. The van der Waals surface area contributed by atoms with Gasteiger partial charge in [0.15, 0.2) is 0 Å². The van der Waals surface area contributed by atoms with Crippen molar-refractivity contribution >= 4 is 5.97 Å². The summed E-state index contributed by atoms with van der Waals surface area (Å²) < 4.78 is 5.79. The third-order valence-electron chi connectivity index (χ3n) is 9.02. The lowest BCUT2D eigenvalue weighted by Crippen LogP contribution is -2.38. The molecular formula is C27H42O4. The van der Waals surface area contributed by atoms with Crippen molar-refractivity contribution in [2.45, 2.75) is 103 Å². The third-order valence-corrected chi connectivity index (χ3v) is 9.02. The number of carbonyl (C=O) groups is 1. The fraction of sp³-hybridized carbons (Fsp3) is 0.815. The van der Waals surface area contributed by atoms with Crippen LogP contribution in [0.3, 0.4) is 0 Å². The molecule has 0 heterocycles. The van der Waals surface area contributed by atoms with Crippen LogP contribution in [0.15, 0.2) is 23.3 Å². The Hall–Kier alpha value is -1.13. The van der Waals surface area contributed by atoms with Gasteiger partial charge in [-0.3, -0.25) is 4.79 Å². The maximum Gasteiger partial charge on any atom is 0.308 e. The van der Waals surface area contributed by atoms with Crippen molar-refractivity contribution in [3.8, 4) is 0 Å². The van der Waals surface area contributed by atoms with Crippen molar-refractivity contribution in [1.82, 2.24) is 0 Å². The molecular weight excluding hydrogens is 388 g/mol. The monoisotopic (exact) mass is 430 g/mol. The van der Waals surface area contributed by atoms with Crippen LogP contribution < -0.4 is 0 Å². The van der Waals surface area contributed by atoms with Crippen LogP contribution in [0.2, 0.25) is 0 Å². The molecule has 4 nitrogen and oxygen atoms in total. The molecule has 4 aliphatic rings. The molecule has 4 heteroatoms. The first kappa shape index (κ1) is 23.0. The SMILES string of the molecule is CC(C(=O)OCC1CCCC1)[C@H]1CC[C@H]2C(=CC=C3CC(O)CC(O)C3)CCC[C@]12C. The highest BCUT2D eigenvalue weighted by Crippen LogP contribution is 2.59. The van der Waals surface area contributed by atoms with Gasteiger partial charge >= 0.3 is 5.97 Å². The summed E-state index contributed by atoms with van der Waals surface area (Å²) in [5, 5.41) is 19.9. The molecule has 0 saturated heterocycles. The molecule has 0 aromatic carbocycles. The Labute approximate surface area is 188 Å². The van der Waals surface area contributed by atoms with Crippen LogP contribution in [0.1, 0.15) is 90.9 Å². The molecule has 2 N–H and O–H groups in total. The van der Waals surface area contributed by atoms with Gasteiger partial charge in [0.05, 0.1) is 24.7 Å². The Kier molecular flexibility index (Phi) is 7.27. The molecule has 4 rings (SSSR count). The van der Waals surface area contributed by atoms with E-state index in [0.717, 1.165) is 24.8 Å². The Morgan fingerprint density at radius 3 is 2.52 bits per heavy atom. The zero-order valence-electron chi connectivity index (χ0n) is 19.5. The Morgan fingerprint density at radius 1 is 1.10 bits per heavy atom. The number of hydrogen-bond donors (Lipinski definition) is 2. The average Bonchev–Trinajstić information content (AvgIpc) is 3.36. The second-order valence-corrected chi connectivity index (χ2v) is 11.2. The third kappa shape index (κ3) is 5.11. The first-order valence-electron chi connectivity index (χ1n) is 12.8. The number of allylic oxidation sites excluding steroid dienone is 3. The number of esters is 1. The summed E-state index contributed by atoms with van der Waals surface area (Å²) in [5.41, 5.74) is 2.83. The second-order valence-electron chi connectivity index (χ2n) is 11.2. The smallest absolute Gasteiger partial charge is 0.308 e. The van der Waals surface area contributed by atoms with Crippen molar-refractivity contribution in [3.05, 3.63) is 23.3 Å². The highest BCUT2D eigenvalue weighted by atomic mass is 16.5. The molecule has 3 unspecified atom stereocenters. The minimum absolute atomic E-state index is 0.0159. The minimum atomic E-state index is -0.419. The number of aliphatic hydroxyl groups is 2. The molecule has 0 aromatic heterocycles. The maximum absolute atomic E-state index is 12.9. The second kappa shape index (κ2) is 9.79. The molecule has 4 fully saturated rings. The Bertz CT molecular complexity index is 692. The van der Waals surface area contributed by atoms with E-state index in [1.165, 1.54) is 44.1 Å². The molecule has 0 aliphatic heterocycles. The molecule has 0 aromatic rings. The normalized spacial score (nSPS) is 38.8. The van der Waals surface area contributed by atoms with Gasteiger partial charge < -0.3 is 14.9 Å². The molecule has 174 valence electrons. The van der Waals surface area contributed by atoms with E-state index < -0.39 is 12.2 Å². The van der Waals surface area contributed by atoms with E-state index >= 15 is 0 Å². The lowest BCUT2D eigenvalue weighted by Gasteiger charge is -2.43. The molecule has 4 aliphatic carbocycles. The highest BCUT2D eigenvalue weighted by Gasteiger charge is 2.52. The van der Waals surface area contributed by atoms with Gasteiger partial charge in [0.25, 0.3) is 0 Å². The van der Waals surface area contributed by atoms with E-state index in [1.54, 1.807) is 0 Å². The van der Waals surface area contributed by atoms with Gasteiger partial charge in [-0.25, -0.2) is 0 Å². The summed E-state index contributed by atoms with van der Waals surface area (Å²) in [6.45, 7) is 5.12. The van der Waals surface area contributed by atoms with Gasteiger partial charge in [0.2, 0.25) is 0 Å². The van der Waals surface area contributed by atoms with Crippen molar-refractivity contribution in [3.63, 3.8) is 0 Å². The lowest BCUT2D eigenvalue weighted by atomic mass is 9.61. The van der Waals surface area contributed by atoms with Crippen LogP contribution in [-0.2, 0) is 9.53 Å². The summed E-state index contributed by atoms with van der Waals surface area (Å²) in [5.74, 6) is 1.49. The number of hydrogen-bond acceptors (Lipinski definition) is 4. The number of fused-ring (bicyclic) bond motifs is 1. The van der Waals surface area contributed by atoms with Gasteiger partial charge in [0.1, 0.15) is 0 Å². The Balaban J connectivity index is 1.41. The summed E-state index contributed by atoms with van der Waals surface area (Å²) in [6.07, 6.45) is 16.2. The van der Waals surface area contributed by atoms with Gasteiger partial charge in [-0.05, 0) is 87.4 Å². The standard InChI is InChI=1S/C27H42O4/c1-18(26(30)31-17-19-6-3-4-7-19)24-11-12-25-21(8-5-13-27(24,25)2)10-9-20-14-22(28)16-23(29)15-20/h9-10,18-19,22-25,28-29H,3-8,11-17H2,1-2H3/t18?,22?,23?,24-,25+,27-/m1/s1. The Morgan fingerprint density at radius 2 is 1.81 bits per heavy atom. The van der Waals surface area contributed by atoms with Gasteiger partial charge in [0, 0.05) is 0 Å². The average molecular weight is 431 g/mol. The zero-order valence-corrected chi connectivity index (χ0v) is 19.5. The first-order valence-corrected chi connectivity index (χ1v) is 12.8. The number of rotatable bonds is 5. The number of ether oxygens (including phenoxy) is 1. The minimum Gasteiger partial charge on any atom is -0.465 e. The van der Waals surface area contributed by atoms with E-state index in [9.17, 15) is 15.0 Å². The fourth-order valence-electron chi connectivity index (χ4n) is 7.30. The van der Waals surface area contributed by atoms with Crippen molar-refractivity contribution in [2.24, 2.45) is 29.1 Å². The fourth-order valence-corrected chi connectivity index (χ4v) is 7.30. The number of carbonyl (C=O) groups excluding carboxylic acids is 1. The van der Waals surface area contributed by atoms with E-state index in [-0.39, 0.29) is 17.3 Å². The quantitative estimate of drug-likeness (QED) is 0.579. The van der Waals surface area contributed by atoms with E-state index in [0.29, 0.717) is 43.6 Å². The van der Waals surface area contributed by atoms with E-state index in [1.807, 2.05) is 0 Å². The molecule has 0 amide bonds. The molecule has 31 heavy (non-hydrogen) atoms. The van der Waals surface area contributed by atoms with Crippen LogP contribution in [0, 0.1) is 29.1 Å². The predicted molar refractivity (Wildman–Crippen MR) is 122 cm³/mol. The van der Waals surface area contributed by atoms with Crippen LogP contribution in [0.4, 0.5) is 0 Å². The van der Waals surface area contributed by atoms with Gasteiger partial charge in [-0.15, -0.1) is 0 Å². The van der Waals surface area contributed by atoms with E-state index in [4.69, 9.17) is 4.74 Å². The van der Waals surface area contributed by atoms with Crippen LogP contribution in [-0.4, -0.2) is 35.0 Å². The molecule has 0 spiro atoms. The first-order chi connectivity index (χ1) is 14.9. The summed E-state index contributed by atoms with van der Waals surface area (Å²) >= 11 is 0. The van der Waals surface area contributed by atoms with Gasteiger partial charge in [-0.2, -0.15) is 0 Å². The molecule has 0 radical (unpaired) electrons. The summed E-state index contributed by atoms with van der Waals surface area (Å²) in [6, 6.07) is 0. The maximum atomic E-state index is 12.9. The number of aliphatic hydroxyl groups excluding tert-OH is 2. The van der Waals surface area contributed by atoms with Crippen molar-refractivity contribution in [2.75, 3.05) is 6.61 Å².